The maximum absolute atomic E-state index is 12.0. The zero-order valence-electron chi connectivity index (χ0n) is 17.2. The number of hydrogen-bond donors (Lipinski definition) is 1. The van der Waals surface area contributed by atoms with E-state index in [2.05, 4.69) is 0 Å². The predicted molar refractivity (Wildman–Crippen MR) is 118 cm³/mol. The van der Waals surface area contributed by atoms with E-state index in [1.165, 1.54) is 6.42 Å². The Labute approximate surface area is 177 Å². The van der Waals surface area contributed by atoms with Crippen LogP contribution in [0.4, 0.5) is 11.4 Å². The summed E-state index contributed by atoms with van der Waals surface area (Å²) in [4.78, 5) is 18.6. The van der Waals surface area contributed by atoms with Crippen LogP contribution in [0.15, 0.2) is 65.5 Å². The van der Waals surface area contributed by atoms with E-state index in [0.29, 0.717) is 29.6 Å². The Morgan fingerprint density at radius 3 is 2.63 bits per heavy atom. The van der Waals surface area contributed by atoms with Gasteiger partial charge in [-0.05, 0) is 43.4 Å². The number of nitrogens with zero attached hydrogens (tertiary/aromatic N) is 2. The SMILES string of the molecule is COc1ccc(N=C2C=C(N)OC23CCCCC3)c(N(C=O)Cc2ccccc2)c1. The van der Waals surface area contributed by atoms with Crippen molar-refractivity contribution in [1.82, 2.24) is 0 Å². The van der Waals surface area contributed by atoms with Gasteiger partial charge in [0.2, 0.25) is 6.41 Å². The monoisotopic (exact) mass is 405 g/mol. The van der Waals surface area contributed by atoms with Crippen LogP contribution in [-0.4, -0.2) is 24.8 Å². The lowest BCUT2D eigenvalue weighted by atomic mass is 9.82. The van der Waals surface area contributed by atoms with E-state index in [0.717, 1.165) is 43.4 Å². The van der Waals surface area contributed by atoms with Crippen molar-refractivity contribution < 1.29 is 14.3 Å². The van der Waals surface area contributed by atoms with Crippen molar-refractivity contribution in [3.05, 3.63) is 66.1 Å². The van der Waals surface area contributed by atoms with Crippen LogP contribution in [0.2, 0.25) is 0 Å². The number of carbonyl (C=O) groups is 1. The molecule has 30 heavy (non-hydrogen) atoms. The predicted octanol–water partition coefficient (Wildman–Crippen LogP) is 4.46. The molecule has 1 heterocycles. The highest BCUT2D eigenvalue weighted by Crippen LogP contribution is 2.41. The minimum Gasteiger partial charge on any atom is -0.497 e. The highest BCUT2D eigenvalue weighted by atomic mass is 16.5. The Morgan fingerprint density at radius 2 is 1.93 bits per heavy atom. The normalized spacial score (nSPS) is 18.7. The van der Waals surface area contributed by atoms with Crippen LogP contribution in [0.3, 0.4) is 0 Å². The number of hydrogen-bond acceptors (Lipinski definition) is 5. The van der Waals surface area contributed by atoms with E-state index in [1.54, 1.807) is 12.0 Å². The van der Waals surface area contributed by atoms with Crippen LogP contribution >= 0.6 is 0 Å². The summed E-state index contributed by atoms with van der Waals surface area (Å²) in [6.07, 6.45) is 7.82. The Bertz CT molecular complexity index is 963. The molecule has 2 aromatic rings. The lowest BCUT2D eigenvalue weighted by molar-refractivity contribution is -0.107. The summed E-state index contributed by atoms with van der Waals surface area (Å²) in [6.45, 7) is 0.439. The second-order valence-corrected chi connectivity index (χ2v) is 7.77. The molecule has 6 heteroatoms. The Kier molecular flexibility index (Phi) is 5.74. The molecule has 0 unspecified atom stereocenters. The van der Waals surface area contributed by atoms with Gasteiger partial charge in [0.05, 0.1) is 30.7 Å². The van der Waals surface area contributed by atoms with Crippen molar-refractivity contribution in [2.45, 2.75) is 44.2 Å². The first-order chi connectivity index (χ1) is 14.6. The molecule has 1 aliphatic carbocycles. The highest BCUT2D eigenvalue weighted by Gasteiger charge is 2.43. The van der Waals surface area contributed by atoms with Gasteiger partial charge in [0.15, 0.2) is 11.5 Å². The first-order valence-corrected chi connectivity index (χ1v) is 10.3. The van der Waals surface area contributed by atoms with E-state index in [-0.39, 0.29) is 0 Å². The van der Waals surface area contributed by atoms with Gasteiger partial charge in [-0.2, -0.15) is 0 Å². The molecule has 6 nitrogen and oxygen atoms in total. The Morgan fingerprint density at radius 1 is 1.17 bits per heavy atom. The zero-order valence-corrected chi connectivity index (χ0v) is 17.2. The molecule has 0 bridgehead atoms. The molecule has 0 aromatic heterocycles. The number of carbonyl (C=O) groups excluding carboxylic acids is 1. The van der Waals surface area contributed by atoms with Crippen LogP contribution in [0.5, 0.6) is 5.75 Å². The van der Waals surface area contributed by atoms with Gasteiger partial charge >= 0.3 is 0 Å². The van der Waals surface area contributed by atoms with Crippen LogP contribution < -0.4 is 15.4 Å². The molecule has 0 saturated heterocycles. The summed E-state index contributed by atoms with van der Waals surface area (Å²) in [5.41, 5.74) is 8.81. The topological polar surface area (TPSA) is 77.2 Å². The zero-order chi connectivity index (χ0) is 21.0. The fourth-order valence-electron chi connectivity index (χ4n) is 4.23. The Balaban J connectivity index is 1.74. The van der Waals surface area contributed by atoms with E-state index in [4.69, 9.17) is 20.2 Å². The number of nitrogens with two attached hydrogens (primary N) is 1. The average molecular weight is 405 g/mol. The van der Waals surface area contributed by atoms with Crippen LogP contribution in [0.25, 0.3) is 0 Å². The van der Waals surface area contributed by atoms with Gasteiger partial charge in [-0.3, -0.25) is 4.79 Å². The van der Waals surface area contributed by atoms with Gasteiger partial charge in [-0.15, -0.1) is 0 Å². The molecule has 2 aliphatic rings. The van der Waals surface area contributed by atoms with Gasteiger partial charge < -0.3 is 20.1 Å². The van der Waals surface area contributed by atoms with Crippen molar-refractivity contribution in [2.75, 3.05) is 12.0 Å². The van der Waals surface area contributed by atoms with Crippen molar-refractivity contribution in [3.63, 3.8) is 0 Å². The van der Waals surface area contributed by atoms with E-state index in [1.807, 2.05) is 54.6 Å². The average Bonchev–Trinajstić information content (AvgIpc) is 3.07. The lowest BCUT2D eigenvalue weighted by Gasteiger charge is -2.33. The third-order valence-corrected chi connectivity index (χ3v) is 5.78. The molecule has 4 rings (SSSR count). The fourth-order valence-corrected chi connectivity index (χ4v) is 4.23. The van der Waals surface area contributed by atoms with Gasteiger partial charge in [-0.25, -0.2) is 4.99 Å². The van der Waals surface area contributed by atoms with Crippen LogP contribution in [0, 0.1) is 0 Å². The quantitative estimate of drug-likeness (QED) is 0.720. The summed E-state index contributed by atoms with van der Waals surface area (Å²) in [5, 5.41) is 0. The lowest BCUT2D eigenvalue weighted by Crippen LogP contribution is -2.39. The smallest absolute Gasteiger partial charge is 0.214 e. The van der Waals surface area contributed by atoms with E-state index >= 15 is 0 Å². The van der Waals surface area contributed by atoms with E-state index in [9.17, 15) is 4.79 Å². The van der Waals surface area contributed by atoms with Crippen LogP contribution in [0.1, 0.15) is 37.7 Å². The second kappa shape index (κ2) is 8.61. The molecule has 2 N–H and O–H groups in total. The number of benzene rings is 2. The molecule has 1 amide bonds. The van der Waals surface area contributed by atoms with Gasteiger partial charge in [-0.1, -0.05) is 36.8 Å². The maximum Gasteiger partial charge on any atom is 0.214 e. The number of amides is 1. The molecule has 2 aromatic carbocycles. The van der Waals surface area contributed by atoms with Crippen molar-refractivity contribution >= 4 is 23.5 Å². The summed E-state index contributed by atoms with van der Waals surface area (Å²) < 4.78 is 11.4. The second-order valence-electron chi connectivity index (χ2n) is 7.77. The highest BCUT2D eigenvalue weighted by molar-refractivity contribution is 6.06. The number of methoxy groups -OCH3 is 1. The molecular weight excluding hydrogens is 378 g/mol. The molecule has 1 spiro atoms. The molecule has 0 radical (unpaired) electrons. The summed E-state index contributed by atoms with van der Waals surface area (Å²) in [5.74, 6) is 1.07. The number of rotatable bonds is 6. The number of anilines is 1. The standard InChI is InChI=1S/C24H27N3O3/c1-29-19-10-11-20(21(14-19)27(17-28)16-18-8-4-2-5-9-18)26-22-15-23(25)30-24(22)12-6-3-7-13-24/h2,4-5,8-11,14-15,17H,3,6-7,12-13,16,25H2,1H3. The maximum atomic E-state index is 12.0. The molecule has 1 saturated carbocycles. The largest absolute Gasteiger partial charge is 0.497 e. The first kappa shape index (κ1) is 20.0. The van der Waals surface area contributed by atoms with Crippen molar-refractivity contribution in [3.8, 4) is 5.75 Å². The first-order valence-electron chi connectivity index (χ1n) is 10.3. The van der Waals surface area contributed by atoms with Gasteiger partial charge in [0, 0.05) is 12.1 Å². The minimum absolute atomic E-state index is 0.405. The van der Waals surface area contributed by atoms with Crippen molar-refractivity contribution in [2.24, 2.45) is 10.7 Å². The third-order valence-electron chi connectivity index (χ3n) is 5.78. The van der Waals surface area contributed by atoms with Gasteiger partial charge in [0.1, 0.15) is 5.75 Å². The molecule has 1 aliphatic heterocycles. The fraction of sp³-hybridized carbons (Fsp3) is 0.333. The number of ether oxygens (including phenoxy) is 2. The van der Waals surface area contributed by atoms with Gasteiger partial charge in [0.25, 0.3) is 0 Å². The van der Waals surface area contributed by atoms with Crippen molar-refractivity contribution in [1.29, 1.82) is 0 Å². The molecule has 1 fully saturated rings. The molecular formula is C24H27N3O3. The Hall–Kier alpha value is -3.28. The number of aliphatic imine (C=N–C) groups is 1. The molecule has 156 valence electrons. The third kappa shape index (κ3) is 4.03. The minimum atomic E-state index is -0.453. The summed E-state index contributed by atoms with van der Waals surface area (Å²) >= 11 is 0. The van der Waals surface area contributed by atoms with Crippen LogP contribution in [-0.2, 0) is 16.1 Å². The van der Waals surface area contributed by atoms with E-state index < -0.39 is 5.60 Å². The molecule has 0 atom stereocenters. The summed E-state index contributed by atoms with van der Waals surface area (Å²) in [6, 6.07) is 15.4. The summed E-state index contributed by atoms with van der Waals surface area (Å²) in [7, 11) is 1.61.